The number of carboxylic acid groups (broad SMARTS) is 1. The minimum Gasteiger partial charge on any atom is -0.481 e. The fraction of sp³-hybridized carbons (Fsp3) is 0.550. The number of ether oxygens (including phenoxy) is 3. The van der Waals surface area contributed by atoms with Gasteiger partial charge in [-0.3, -0.25) is 4.79 Å². The Balaban J connectivity index is 1.87. The first-order chi connectivity index (χ1) is 12.0. The number of carboxylic acids is 1. The number of rotatable bonds is 6. The third-order valence-electron chi connectivity index (χ3n) is 5.19. The average molecular weight is 346 g/mol. The van der Waals surface area contributed by atoms with Gasteiger partial charge in [0, 0.05) is 11.8 Å². The molecule has 1 aliphatic carbocycles. The molecule has 0 amide bonds. The first-order valence-corrected chi connectivity index (χ1v) is 8.90. The molecule has 2 aliphatic rings. The Morgan fingerprint density at radius 2 is 2.12 bits per heavy atom. The van der Waals surface area contributed by atoms with E-state index in [2.05, 4.69) is 19.9 Å². The first kappa shape index (κ1) is 17.8. The number of allylic oxidation sites excluding steroid dienone is 1. The molecule has 0 spiro atoms. The number of aliphatic carboxylic acids is 1. The first-order valence-electron chi connectivity index (χ1n) is 8.90. The van der Waals surface area contributed by atoms with Gasteiger partial charge >= 0.3 is 5.97 Å². The van der Waals surface area contributed by atoms with Crippen molar-refractivity contribution in [3.8, 4) is 11.5 Å². The highest BCUT2D eigenvalue weighted by Crippen LogP contribution is 2.44. The number of carbonyl (C=O) groups is 1. The van der Waals surface area contributed by atoms with E-state index in [-0.39, 0.29) is 24.7 Å². The highest BCUT2D eigenvalue weighted by Gasteiger charge is 2.39. The number of hydrogen-bond acceptors (Lipinski definition) is 4. The minimum atomic E-state index is -0.774. The van der Waals surface area contributed by atoms with Crippen LogP contribution in [0, 0.1) is 11.8 Å². The average Bonchev–Trinajstić information content (AvgIpc) is 3.06. The molecule has 0 aromatic heterocycles. The van der Waals surface area contributed by atoms with Gasteiger partial charge in [0.2, 0.25) is 6.79 Å². The Bertz CT molecular complexity index is 666. The summed E-state index contributed by atoms with van der Waals surface area (Å²) in [5, 5.41) is 9.90. The molecule has 3 unspecified atom stereocenters. The second-order valence-electron chi connectivity index (χ2n) is 7.02. The van der Waals surface area contributed by atoms with Crippen molar-refractivity contribution in [1.82, 2.24) is 0 Å². The predicted octanol–water partition coefficient (Wildman–Crippen LogP) is 3.98. The quantitative estimate of drug-likeness (QED) is 0.789. The molecule has 136 valence electrons. The van der Waals surface area contributed by atoms with E-state index in [4.69, 9.17) is 14.2 Å². The lowest BCUT2D eigenvalue weighted by Gasteiger charge is -2.35. The zero-order valence-electron chi connectivity index (χ0n) is 15.0. The van der Waals surface area contributed by atoms with Crippen molar-refractivity contribution in [3.05, 3.63) is 35.4 Å². The van der Waals surface area contributed by atoms with Crippen LogP contribution in [0.4, 0.5) is 0 Å². The molecule has 25 heavy (non-hydrogen) atoms. The third kappa shape index (κ3) is 3.82. The van der Waals surface area contributed by atoms with Gasteiger partial charge in [-0.15, -0.1) is 0 Å². The van der Waals surface area contributed by atoms with E-state index in [0.717, 1.165) is 24.2 Å². The number of hydrogen-bond donors (Lipinski definition) is 1. The fourth-order valence-electron chi connectivity index (χ4n) is 3.68. The van der Waals surface area contributed by atoms with Gasteiger partial charge in [0.05, 0.1) is 18.6 Å². The normalized spacial score (nSPS) is 26.2. The lowest BCUT2D eigenvalue weighted by molar-refractivity contribution is -0.145. The molecule has 5 heteroatoms. The molecular weight excluding hydrogens is 320 g/mol. The second-order valence-corrected chi connectivity index (χ2v) is 7.02. The maximum atomic E-state index is 12.1. The van der Waals surface area contributed by atoms with Gasteiger partial charge in [0.25, 0.3) is 0 Å². The Kier molecular flexibility index (Phi) is 5.33. The number of fused-ring (bicyclic) bond motifs is 1. The molecule has 0 radical (unpaired) electrons. The fourth-order valence-corrected chi connectivity index (χ4v) is 3.68. The topological polar surface area (TPSA) is 65.0 Å². The minimum absolute atomic E-state index is 0.0949. The summed E-state index contributed by atoms with van der Waals surface area (Å²) >= 11 is 0. The van der Waals surface area contributed by atoms with Gasteiger partial charge in [-0.25, -0.2) is 0 Å². The van der Waals surface area contributed by atoms with Gasteiger partial charge in [0.15, 0.2) is 11.5 Å². The van der Waals surface area contributed by atoms with Crippen molar-refractivity contribution in [1.29, 1.82) is 0 Å². The smallest absolute Gasteiger partial charge is 0.307 e. The van der Waals surface area contributed by atoms with E-state index >= 15 is 0 Å². The standard InChI is InChI=1S/C20H26O5/c1-4-13(3)23-10-15-7-12(2)8-16(19(15)20(21)22)14-5-6-17-18(9-14)25-11-24-17/h5-7,9,13,15-16,19H,4,8,10-11H2,1-3H3,(H,21,22)/t13?,15?,16?,19-/m0/s1. The largest absolute Gasteiger partial charge is 0.481 e. The van der Waals surface area contributed by atoms with Crippen molar-refractivity contribution in [2.24, 2.45) is 11.8 Å². The maximum absolute atomic E-state index is 12.1. The summed E-state index contributed by atoms with van der Waals surface area (Å²) in [5.74, 6) is -0.0906. The van der Waals surface area contributed by atoms with Crippen LogP contribution in [0.2, 0.25) is 0 Å². The Hall–Kier alpha value is -2.01. The molecule has 0 saturated heterocycles. The molecule has 0 fully saturated rings. The third-order valence-corrected chi connectivity index (χ3v) is 5.19. The highest BCUT2D eigenvalue weighted by molar-refractivity contribution is 5.73. The monoisotopic (exact) mass is 346 g/mol. The summed E-state index contributed by atoms with van der Waals surface area (Å²) in [6, 6.07) is 5.75. The van der Waals surface area contributed by atoms with Gasteiger partial charge in [-0.2, -0.15) is 0 Å². The molecule has 1 aliphatic heterocycles. The summed E-state index contributed by atoms with van der Waals surface area (Å²) in [7, 11) is 0. The lowest BCUT2D eigenvalue weighted by Crippen LogP contribution is -2.35. The zero-order valence-corrected chi connectivity index (χ0v) is 15.0. The van der Waals surface area contributed by atoms with E-state index in [1.807, 2.05) is 25.1 Å². The van der Waals surface area contributed by atoms with Crippen molar-refractivity contribution >= 4 is 5.97 Å². The van der Waals surface area contributed by atoms with Crippen molar-refractivity contribution in [3.63, 3.8) is 0 Å². The van der Waals surface area contributed by atoms with Crippen LogP contribution in [-0.2, 0) is 9.53 Å². The summed E-state index contributed by atoms with van der Waals surface area (Å²) in [6.45, 7) is 6.80. The van der Waals surface area contributed by atoms with E-state index in [1.54, 1.807) is 0 Å². The van der Waals surface area contributed by atoms with Crippen LogP contribution in [-0.4, -0.2) is 30.6 Å². The molecule has 0 saturated carbocycles. The van der Waals surface area contributed by atoms with Crippen LogP contribution in [0.1, 0.15) is 45.1 Å². The van der Waals surface area contributed by atoms with Gasteiger partial charge < -0.3 is 19.3 Å². The summed E-state index contributed by atoms with van der Waals surface area (Å²) in [6.07, 6.45) is 3.86. The van der Waals surface area contributed by atoms with Crippen LogP contribution >= 0.6 is 0 Å². The van der Waals surface area contributed by atoms with E-state index in [1.165, 1.54) is 5.57 Å². The molecular formula is C20H26O5. The van der Waals surface area contributed by atoms with Crippen LogP contribution in [0.15, 0.2) is 29.8 Å². The summed E-state index contributed by atoms with van der Waals surface area (Å²) in [5.41, 5.74) is 2.19. The molecule has 1 N–H and O–H groups in total. The predicted molar refractivity (Wildman–Crippen MR) is 94.0 cm³/mol. The Morgan fingerprint density at radius 1 is 1.36 bits per heavy atom. The van der Waals surface area contributed by atoms with E-state index in [9.17, 15) is 9.90 Å². The SMILES string of the molecule is CCC(C)OCC1C=C(C)CC(c2ccc3c(c2)OCO3)[C@H]1C(=O)O. The lowest BCUT2D eigenvalue weighted by atomic mass is 9.70. The van der Waals surface area contributed by atoms with Crippen LogP contribution in [0.5, 0.6) is 11.5 Å². The van der Waals surface area contributed by atoms with E-state index in [0.29, 0.717) is 12.4 Å². The molecule has 1 aromatic carbocycles. The van der Waals surface area contributed by atoms with Gasteiger partial charge in [-0.05, 0) is 44.4 Å². The second kappa shape index (κ2) is 7.48. The van der Waals surface area contributed by atoms with Crippen LogP contribution in [0.25, 0.3) is 0 Å². The molecule has 0 bridgehead atoms. The summed E-state index contributed by atoms with van der Waals surface area (Å²) in [4.78, 5) is 12.1. The molecule has 4 atom stereocenters. The number of benzene rings is 1. The van der Waals surface area contributed by atoms with Crippen LogP contribution in [0.3, 0.4) is 0 Å². The zero-order chi connectivity index (χ0) is 18.0. The maximum Gasteiger partial charge on any atom is 0.307 e. The van der Waals surface area contributed by atoms with Crippen molar-refractivity contribution in [2.75, 3.05) is 13.4 Å². The van der Waals surface area contributed by atoms with Crippen molar-refractivity contribution in [2.45, 2.75) is 45.6 Å². The molecule has 5 nitrogen and oxygen atoms in total. The van der Waals surface area contributed by atoms with Gasteiger partial charge in [-0.1, -0.05) is 24.6 Å². The van der Waals surface area contributed by atoms with Crippen molar-refractivity contribution < 1.29 is 24.1 Å². The van der Waals surface area contributed by atoms with Gasteiger partial charge in [0.1, 0.15) is 0 Å². The molecule has 3 rings (SSSR count). The molecule has 1 heterocycles. The summed E-state index contributed by atoms with van der Waals surface area (Å²) < 4.78 is 16.7. The Morgan fingerprint density at radius 3 is 2.84 bits per heavy atom. The Labute approximate surface area is 148 Å². The van der Waals surface area contributed by atoms with Crippen LogP contribution < -0.4 is 9.47 Å². The van der Waals surface area contributed by atoms with E-state index < -0.39 is 11.9 Å². The molecule has 1 aromatic rings. The highest BCUT2D eigenvalue weighted by atomic mass is 16.7.